The lowest BCUT2D eigenvalue weighted by Crippen LogP contribution is -2.45. The minimum absolute atomic E-state index is 0.111. The molecular weight excluding hydrogens is 396 g/mol. The van der Waals surface area contributed by atoms with E-state index >= 15 is 0 Å². The molecule has 3 rings (SSSR count). The van der Waals surface area contributed by atoms with Crippen LogP contribution in [-0.4, -0.2) is 21.8 Å². The van der Waals surface area contributed by atoms with Gasteiger partial charge in [0.1, 0.15) is 0 Å². The van der Waals surface area contributed by atoms with Gasteiger partial charge >= 0.3 is 0 Å². The van der Waals surface area contributed by atoms with E-state index in [1.54, 1.807) is 11.1 Å². The lowest BCUT2D eigenvalue weighted by molar-refractivity contribution is -0.130. The molecule has 7 heteroatoms. The molecule has 0 aromatic heterocycles. The Morgan fingerprint density at radius 1 is 1.07 bits per heavy atom. The van der Waals surface area contributed by atoms with Crippen molar-refractivity contribution in [1.82, 2.24) is 15.8 Å². The van der Waals surface area contributed by atoms with Gasteiger partial charge in [0.25, 0.3) is 0 Å². The maximum Gasteiger partial charge on any atom is 0.240 e. The molecule has 2 aromatic carbocycles. The van der Waals surface area contributed by atoms with Gasteiger partial charge in [0.05, 0.1) is 12.5 Å². The van der Waals surface area contributed by atoms with Gasteiger partial charge in [0.15, 0.2) is 5.11 Å². The maximum atomic E-state index is 12.5. The lowest BCUT2D eigenvalue weighted by Gasteiger charge is -2.32. The Hall–Kier alpha value is -3.19. The Balaban J connectivity index is 1.57. The number of hydrazine groups is 1. The molecule has 2 amide bonds. The first-order chi connectivity index (χ1) is 14.3. The summed E-state index contributed by atoms with van der Waals surface area (Å²) in [5.74, 6) is 0.0712. The number of carbonyl (C=O) groups excluding carboxylic acids is 2. The van der Waals surface area contributed by atoms with Crippen molar-refractivity contribution in [2.75, 3.05) is 5.32 Å². The molecule has 1 aliphatic heterocycles. The molecule has 0 aliphatic carbocycles. The minimum Gasteiger partial charge on any atom is -0.331 e. The number of nitrogens with zero attached hydrogens (tertiary/aromatic N) is 1. The Labute approximate surface area is 182 Å². The third kappa shape index (κ3) is 5.24. The number of hydrogen-bond acceptors (Lipinski definition) is 3. The fourth-order valence-corrected chi connectivity index (χ4v) is 3.55. The molecule has 0 fully saturated rings. The average Bonchev–Trinajstić information content (AvgIpc) is 2.72. The average molecular weight is 423 g/mol. The molecule has 0 unspecified atom stereocenters. The summed E-state index contributed by atoms with van der Waals surface area (Å²) in [6.07, 6.45) is 3.72. The SMILES string of the molecule is CC(=O)N1C=Cc2ccccc2[C@H]1CC(=O)NNC(=S)Nc1ccc(C(C)C)cc1. The summed E-state index contributed by atoms with van der Waals surface area (Å²) in [6, 6.07) is 15.4. The molecule has 0 saturated heterocycles. The van der Waals surface area contributed by atoms with Crippen LogP contribution in [0.25, 0.3) is 6.08 Å². The van der Waals surface area contributed by atoms with Crippen molar-refractivity contribution < 1.29 is 9.59 Å². The molecule has 2 aromatic rings. The molecule has 1 atom stereocenters. The highest BCUT2D eigenvalue weighted by molar-refractivity contribution is 7.80. The first-order valence-corrected chi connectivity index (χ1v) is 10.3. The van der Waals surface area contributed by atoms with Crippen LogP contribution in [0.15, 0.2) is 54.7 Å². The Morgan fingerprint density at radius 2 is 1.77 bits per heavy atom. The van der Waals surface area contributed by atoms with Crippen molar-refractivity contribution in [2.45, 2.75) is 39.2 Å². The van der Waals surface area contributed by atoms with Crippen molar-refractivity contribution in [3.05, 3.63) is 71.4 Å². The maximum absolute atomic E-state index is 12.5. The number of fused-ring (bicyclic) bond motifs is 1. The second-order valence-electron chi connectivity index (χ2n) is 7.49. The van der Waals surface area contributed by atoms with E-state index in [1.807, 2.05) is 54.6 Å². The van der Waals surface area contributed by atoms with Crippen LogP contribution < -0.4 is 16.2 Å². The van der Waals surface area contributed by atoms with Crippen molar-refractivity contribution in [3.63, 3.8) is 0 Å². The van der Waals surface area contributed by atoms with E-state index < -0.39 is 0 Å². The molecule has 30 heavy (non-hydrogen) atoms. The largest absolute Gasteiger partial charge is 0.331 e. The van der Waals surface area contributed by atoms with E-state index in [-0.39, 0.29) is 29.4 Å². The normalized spacial score (nSPS) is 14.8. The van der Waals surface area contributed by atoms with Gasteiger partial charge in [-0.1, -0.05) is 50.2 Å². The van der Waals surface area contributed by atoms with Gasteiger partial charge in [-0.15, -0.1) is 0 Å². The van der Waals surface area contributed by atoms with Crippen LogP contribution in [0.3, 0.4) is 0 Å². The monoisotopic (exact) mass is 422 g/mol. The summed E-state index contributed by atoms with van der Waals surface area (Å²) in [4.78, 5) is 26.2. The molecule has 1 heterocycles. The number of rotatable bonds is 4. The van der Waals surface area contributed by atoms with Crippen molar-refractivity contribution in [3.8, 4) is 0 Å². The van der Waals surface area contributed by atoms with Crippen LogP contribution in [0.4, 0.5) is 5.69 Å². The van der Waals surface area contributed by atoms with Crippen LogP contribution in [0.5, 0.6) is 0 Å². The van der Waals surface area contributed by atoms with Gasteiger partial charge in [0.2, 0.25) is 11.8 Å². The lowest BCUT2D eigenvalue weighted by atomic mass is 9.93. The molecule has 0 bridgehead atoms. The van der Waals surface area contributed by atoms with Crippen LogP contribution in [-0.2, 0) is 9.59 Å². The van der Waals surface area contributed by atoms with E-state index in [0.29, 0.717) is 5.92 Å². The highest BCUT2D eigenvalue weighted by Crippen LogP contribution is 2.32. The zero-order valence-corrected chi connectivity index (χ0v) is 18.1. The van der Waals surface area contributed by atoms with Gasteiger partial charge in [0, 0.05) is 18.8 Å². The van der Waals surface area contributed by atoms with Crippen molar-refractivity contribution in [1.29, 1.82) is 0 Å². The number of carbonyl (C=O) groups is 2. The van der Waals surface area contributed by atoms with Gasteiger partial charge in [-0.3, -0.25) is 20.4 Å². The van der Waals surface area contributed by atoms with Gasteiger partial charge in [-0.2, -0.15) is 0 Å². The third-order valence-electron chi connectivity index (χ3n) is 5.00. The Bertz CT molecular complexity index is 969. The highest BCUT2D eigenvalue weighted by Gasteiger charge is 2.28. The van der Waals surface area contributed by atoms with E-state index in [2.05, 4.69) is 30.0 Å². The Morgan fingerprint density at radius 3 is 2.43 bits per heavy atom. The quantitative estimate of drug-likeness (QED) is 0.511. The van der Waals surface area contributed by atoms with Crippen LogP contribution >= 0.6 is 12.2 Å². The number of hydrogen-bond donors (Lipinski definition) is 3. The van der Waals surface area contributed by atoms with Crippen LogP contribution in [0, 0.1) is 0 Å². The number of benzene rings is 2. The first kappa shape index (κ1) is 21.5. The summed E-state index contributed by atoms with van der Waals surface area (Å²) in [7, 11) is 0. The van der Waals surface area contributed by atoms with Gasteiger partial charge in [-0.05, 0) is 53.0 Å². The smallest absolute Gasteiger partial charge is 0.240 e. The molecule has 3 N–H and O–H groups in total. The first-order valence-electron chi connectivity index (χ1n) is 9.87. The van der Waals surface area contributed by atoms with Gasteiger partial charge in [-0.25, -0.2) is 0 Å². The second kappa shape index (κ2) is 9.54. The molecular formula is C23H26N4O2S. The topological polar surface area (TPSA) is 73.5 Å². The zero-order valence-electron chi connectivity index (χ0n) is 17.3. The van der Waals surface area contributed by atoms with E-state index in [1.165, 1.54) is 12.5 Å². The standard InChI is InChI=1S/C23H26N4O2S/c1-15(2)17-8-10-19(11-9-17)24-23(30)26-25-22(29)14-21-20-7-5-4-6-18(20)12-13-27(21)16(3)28/h4-13,15,21H,14H2,1-3H3,(H,25,29)(H2,24,26,30)/t21-/m1/s1. The summed E-state index contributed by atoms with van der Waals surface area (Å²) in [5.41, 5.74) is 9.36. The summed E-state index contributed by atoms with van der Waals surface area (Å²) < 4.78 is 0. The number of amides is 2. The second-order valence-corrected chi connectivity index (χ2v) is 7.90. The summed E-state index contributed by atoms with van der Waals surface area (Å²) in [5, 5.41) is 3.32. The number of nitrogens with one attached hydrogen (secondary N) is 3. The summed E-state index contributed by atoms with van der Waals surface area (Å²) in [6.45, 7) is 5.76. The fraction of sp³-hybridized carbons (Fsp3) is 0.261. The van der Waals surface area contributed by atoms with Gasteiger partial charge < -0.3 is 10.2 Å². The molecule has 0 saturated carbocycles. The van der Waals surface area contributed by atoms with E-state index in [4.69, 9.17) is 12.2 Å². The predicted molar refractivity (Wildman–Crippen MR) is 123 cm³/mol. The van der Waals surface area contributed by atoms with E-state index in [0.717, 1.165) is 16.8 Å². The number of thiocarbonyl (C=S) groups is 1. The van der Waals surface area contributed by atoms with Crippen molar-refractivity contribution >= 4 is 40.9 Å². The predicted octanol–water partition coefficient (Wildman–Crippen LogP) is 4.09. The van der Waals surface area contributed by atoms with E-state index in [9.17, 15) is 9.59 Å². The number of anilines is 1. The third-order valence-corrected chi connectivity index (χ3v) is 5.20. The fourth-order valence-electron chi connectivity index (χ4n) is 3.38. The zero-order chi connectivity index (χ0) is 21.7. The molecule has 0 spiro atoms. The molecule has 6 nitrogen and oxygen atoms in total. The van der Waals surface area contributed by atoms with Crippen LogP contribution in [0.2, 0.25) is 0 Å². The highest BCUT2D eigenvalue weighted by atomic mass is 32.1. The summed E-state index contributed by atoms with van der Waals surface area (Å²) >= 11 is 5.26. The minimum atomic E-state index is -0.365. The van der Waals surface area contributed by atoms with Crippen LogP contribution in [0.1, 0.15) is 55.8 Å². The molecule has 156 valence electrons. The Kier molecular flexibility index (Phi) is 6.84. The molecule has 0 radical (unpaired) electrons. The molecule has 1 aliphatic rings. The van der Waals surface area contributed by atoms with Crippen molar-refractivity contribution in [2.24, 2.45) is 0 Å².